The number of aryl methyl sites for hydroxylation is 2. The number of methoxy groups -OCH3 is 1. The minimum Gasteiger partial charge on any atom is -0.385 e. The Labute approximate surface area is 191 Å². The SMILES string of the molecule is COCCCn1c(=N)c(C(=O)N[C@H](C)c2ccccc2)cc2c(=O)n3cc(C)ccc3nc21. The maximum atomic E-state index is 13.3. The van der Waals surface area contributed by atoms with Gasteiger partial charge in [0, 0.05) is 26.5 Å². The zero-order chi connectivity index (χ0) is 23.5. The van der Waals surface area contributed by atoms with Crippen LogP contribution < -0.4 is 16.4 Å². The van der Waals surface area contributed by atoms with Crippen LogP contribution in [0.5, 0.6) is 0 Å². The number of carbonyl (C=O) groups is 1. The first-order valence-electron chi connectivity index (χ1n) is 10.9. The van der Waals surface area contributed by atoms with Crippen LogP contribution in [-0.2, 0) is 11.3 Å². The lowest BCUT2D eigenvalue weighted by Crippen LogP contribution is -2.36. The van der Waals surface area contributed by atoms with Gasteiger partial charge in [-0.3, -0.25) is 19.4 Å². The highest BCUT2D eigenvalue weighted by Gasteiger charge is 2.19. The van der Waals surface area contributed by atoms with E-state index in [9.17, 15) is 9.59 Å². The van der Waals surface area contributed by atoms with Crippen molar-refractivity contribution < 1.29 is 9.53 Å². The van der Waals surface area contributed by atoms with Crippen LogP contribution in [0, 0.1) is 12.3 Å². The molecular weight excluding hydrogens is 418 g/mol. The predicted molar refractivity (Wildman–Crippen MR) is 126 cm³/mol. The molecule has 0 aliphatic rings. The van der Waals surface area contributed by atoms with Crippen LogP contribution in [0.3, 0.4) is 0 Å². The summed E-state index contributed by atoms with van der Waals surface area (Å²) in [4.78, 5) is 31.2. The van der Waals surface area contributed by atoms with Crippen LogP contribution in [0.15, 0.2) is 59.5 Å². The molecule has 0 unspecified atom stereocenters. The molecule has 0 aliphatic heterocycles. The maximum absolute atomic E-state index is 13.3. The molecule has 0 radical (unpaired) electrons. The summed E-state index contributed by atoms with van der Waals surface area (Å²) in [6.45, 7) is 4.67. The lowest BCUT2D eigenvalue weighted by atomic mass is 10.1. The Bertz CT molecular complexity index is 1440. The second-order valence-corrected chi connectivity index (χ2v) is 8.10. The van der Waals surface area contributed by atoms with Crippen molar-refractivity contribution in [3.8, 4) is 0 Å². The van der Waals surface area contributed by atoms with E-state index >= 15 is 0 Å². The third-order valence-corrected chi connectivity index (χ3v) is 5.68. The number of ether oxygens (including phenoxy) is 1. The summed E-state index contributed by atoms with van der Waals surface area (Å²) >= 11 is 0. The number of hydrogen-bond donors (Lipinski definition) is 2. The van der Waals surface area contributed by atoms with Gasteiger partial charge in [0.15, 0.2) is 0 Å². The summed E-state index contributed by atoms with van der Waals surface area (Å²) in [6.07, 6.45) is 2.34. The number of nitrogens with one attached hydrogen (secondary N) is 2. The third kappa shape index (κ3) is 4.42. The molecule has 3 heterocycles. The van der Waals surface area contributed by atoms with E-state index in [0.29, 0.717) is 36.3 Å². The second-order valence-electron chi connectivity index (χ2n) is 8.10. The van der Waals surface area contributed by atoms with Crippen LogP contribution in [0.4, 0.5) is 0 Å². The molecule has 4 rings (SSSR count). The van der Waals surface area contributed by atoms with Gasteiger partial charge in [0.1, 0.15) is 16.8 Å². The van der Waals surface area contributed by atoms with Gasteiger partial charge in [-0.15, -0.1) is 0 Å². The summed E-state index contributed by atoms with van der Waals surface area (Å²) in [7, 11) is 1.61. The van der Waals surface area contributed by atoms with Gasteiger partial charge in [-0.25, -0.2) is 4.98 Å². The van der Waals surface area contributed by atoms with Crippen molar-refractivity contribution in [2.75, 3.05) is 13.7 Å². The highest BCUT2D eigenvalue weighted by Crippen LogP contribution is 2.14. The first kappa shape index (κ1) is 22.4. The van der Waals surface area contributed by atoms with Gasteiger partial charge < -0.3 is 14.6 Å². The van der Waals surface area contributed by atoms with Gasteiger partial charge in [-0.05, 0) is 43.5 Å². The molecule has 8 heteroatoms. The molecule has 3 aromatic heterocycles. The molecule has 170 valence electrons. The minimum atomic E-state index is -0.410. The van der Waals surface area contributed by atoms with Gasteiger partial charge in [0.2, 0.25) is 0 Å². The average molecular weight is 446 g/mol. The minimum absolute atomic E-state index is 0.0136. The van der Waals surface area contributed by atoms with Gasteiger partial charge in [-0.2, -0.15) is 0 Å². The van der Waals surface area contributed by atoms with E-state index in [-0.39, 0.29) is 22.7 Å². The Morgan fingerprint density at radius 3 is 2.70 bits per heavy atom. The average Bonchev–Trinajstić information content (AvgIpc) is 2.81. The van der Waals surface area contributed by atoms with Crippen LogP contribution in [0.2, 0.25) is 0 Å². The highest BCUT2D eigenvalue weighted by atomic mass is 16.5. The predicted octanol–water partition coefficient (Wildman–Crippen LogP) is 2.96. The monoisotopic (exact) mass is 445 g/mol. The van der Waals surface area contributed by atoms with E-state index in [1.54, 1.807) is 23.9 Å². The Morgan fingerprint density at radius 1 is 1.21 bits per heavy atom. The molecule has 0 fully saturated rings. The molecule has 0 aliphatic carbocycles. The zero-order valence-corrected chi connectivity index (χ0v) is 19.0. The normalized spacial score (nSPS) is 12.2. The third-order valence-electron chi connectivity index (χ3n) is 5.68. The Balaban J connectivity index is 1.87. The maximum Gasteiger partial charge on any atom is 0.267 e. The van der Waals surface area contributed by atoms with Gasteiger partial charge in [0.05, 0.1) is 17.0 Å². The zero-order valence-electron chi connectivity index (χ0n) is 19.0. The summed E-state index contributed by atoms with van der Waals surface area (Å²) in [5.41, 5.74) is 2.63. The van der Waals surface area contributed by atoms with Crippen molar-refractivity contribution in [3.05, 3.63) is 87.3 Å². The quantitative estimate of drug-likeness (QED) is 0.337. The first-order valence-corrected chi connectivity index (χ1v) is 10.9. The van der Waals surface area contributed by atoms with E-state index in [4.69, 9.17) is 10.1 Å². The van der Waals surface area contributed by atoms with Crippen molar-refractivity contribution in [1.29, 1.82) is 5.41 Å². The molecule has 1 amide bonds. The lowest BCUT2D eigenvalue weighted by Gasteiger charge is -2.17. The number of hydrogen-bond acceptors (Lipinski definition) is 5. The van der Waals surface area contributed by atoms with E-state index in [1.807, 2.05) is 50.2 Å². The van der Waals surface area contributed by atoms with Crippen molar-refractivity contribution in [1.82, 2.24) is 19.3 Å². The smallest absolute Gasteiger partial charge is 0.267 e. The molecule has 0 saturated heterocycles. The van der Waals surface area contributed by atoms with Crippen LogP contribution in [0.25, 0.3) is 16.7 Å². The number of rotatable bonds is 7. The van der Waals surface area contributed by atoms with Crippen LogP contribution in [0.1, 0.15) is 40.9 Å². The van der Waals surface area contributed by atoms with Crippen LogP contribution >= 0.6 is 0 Å². The lowest BCUT2D eigenvalue weighted by molar-refractivity contribution is 0.0937. The number of pyridine rings is 2. The fourth-order valence-corrected chi connectivity index (χ4v) is 3.90. The highest BCUT2D eigenvalue weighted by molar-refractivity contribution is 5.97. The van der Waals surface area contributed by atoms with Crippen molar-refractivity contribution in [3.63, 3.8) is 0 Å². The van der Waals surface area contributed by atoms with Gasteiger partial charge in [0.25, 0.3) is 11.5 Å². The van der Waals surface area contributed by atoms with Crippen LogP contribution in [-0.4, -0.2) is 33.6 Å². The number of aromatic nitrogens is 3. The molecule has 8 nitrogen and oxygen atoms in total. The number of nitrogens with zero attached hydrogens (tertiary/aromatic N) is 3. The van der Waals surface area contributed by atoms with Crippen molar-refractivity contribution in [2.24, 2.45) is 0 Å². The fraction of sp³-hybridized carbons (Fsp3) is 0.280. The van der Waals surface area contributed by atoms with E-state index in [0.717, 1.165) is 11.1 Å². The fourth-order valence-electron chi connectivity index (χ4n) is 3.90. The number of benzene rings is 1. The Morgan fingerprint density at radius 2 is 1.97 bits per heavy atom. The number of carbonyl (C=O) groups excluding carboxylic acids is 1. The second kappa shape index (κ2) is 9.38. The molecule has 1 aromatic carbocycles. The molecule has 0 bridgehead atoms. The first-order chi connectivity index (χ1) is 15.9. The number of fused-ring (bicyclic) bond motifs is 2. The number of amides is 1. The standard InChI is InChI=1S/C25H27N5O3/c1-16-10-11-21-28-23-20(25(32)30(21)15-16)14-19(22(26)29(23)12-7-13-33-3)24(31)27-17(2)18-8-5-4-6-9-18/h4-6,8-11,14-15,17,26H,7,12-13H2,1-3H3,(H,27,31)/t17-/m1/s1. The summed E-state index contributed by atoms with van der Waals surface area (Å²) < 4.78 is 8.27. The molecule has 33 heavy (non-hydrogen) atoms. The molecule has 2 N–H and O–H groups in total. The molecular formula is C25H27N5O3. The molecule has 1 atom stereocenters. The van der Waals surface area contributed by atoms with E-state index < -0.39 is 5.91 Å². The largest absolute Gasteiger partial charge is 0.385 e. The van der Waals surface area contributed by atoms with Gasteiger partial charge in [-0.1, -0.05) is 36.4 Å². The molecule has 4 aromatic rings. The van der Waals surface area contributed by atoms with E-state index in [1.165, 1.54) is 10.5 Å². The Kier molecular flexibility index (Phi) is 6.37. The van der Waals surface area contributed by atoms with Crippen molar-refractivity contribution >= 4 is 22.6 Å². The Hall–Kier alpha value is -3.78. The van der Waals surface area contributed by atoms with Crippen molar-refractivity contribution in [2.45, 2.75) is 32.9 Å². The summed E-state index contributed by atoms with van der Waals surface area (Å²) in [5, 5.41) is 12.0. The van der Waals surface area contributed by atoms with E-state index in [2.05, 4.69) is 10.3 Å². The summed E-state index contributed by atoms with van der Waals surface area (Å²) in [5.74, 6) is -0.410. The summed E-state index contributed by atoms with van der Waals surface area (Å²) in [6, 6.07) is 14.5. The molecule has 0 spiro atoms. The topological polar surface area (TPSA) is 101 Å². The van der Waals surface area contributed by atoms with Gasteiger partial charge >= 0.3 is 0 Å². The molecule has 0 saturated carbocycles.